The Balaban J connectivity index is 1.85. The molecule has 0 aliphatic carbocycles. The number of nitrogens with one attached hydrogen (secondary N) is 1. The van der Waals surface area contributed by atoms with Gasteiger partial charge in [0.25, 0.3) is 0 Å². The lowest BCUT2D eigenvalue weighted by atomic mass is 9.95. The van der Waals surface area contributed by atoms with Crippen LogP contribution in [0.3, 0.4) is 0 Å². The third kappa shape index (κ3) is 2.70. The van der Waals surface area contributed by atoms with Gasteiger partial charge in [-0.3, -0.25) is 0 Å². The first-order valence-corrected chi connectivity index (χ1v) is 9.84. The van der Waals surface area contributed by atoms with E-state index in [1.54, 1.807) is 11.3 Å². The molecule has 0 aliphatic rings. The molecule has 0 saturated heterocycles. The SMILES string of the molecule is N#Cc1c(-c2ccccc2)cc(-c2cccs2)nc1-c1c[nH]c2ccccc12. The van der Waals surface area contributed by atoms with Crippen molar-refractivity contribution >= 4 is 22.2 Å². The highest BCUT2D eigenvalue weighted by Crippen LogP contribution is 2.37. The summed E-state index contributed by atoms with van der Waals surface area (Å²) >= 11 is 1.65. The molecule has 5 aromatic rings. The molecule has 0 spiro atoms. The number of H-pyrrole nitrogens is 1. The maximum absolute atomic E-state index is 10.1. The molecule has 5 rings (SSSR count). The maximum Gasteiger partial charge on any atom is 0.102 e. The lowest BCUT2D eigenvalue weighted by Gasteiger charge is -2.12. The topological polar surface area (TPSA) is 52.5 Å². The average molecular weight is 377 g/mol. The Bertz CT molecular complexity index is 1310. The molecule has 28 heavy (non-hydrogen) atoms. The van der Waals surface area contributed by atoms with Crippen molar-refractivity contribution in [1.29, 1.82) is 5.26 Å². The molecule has 1 N–H and O–H groups in total. The summed E-state index contributed by atoms with van der Waals surface area (Å²) in [5.74, 6) is 0. The highest BCUT2D eigenvalue weighted by Gasteiger charge is 2.19. The van der Waals surface area contributed by atoms with E-state index in [-0.39, 0.29) is 0 Å². The van der Waals surface area contributed by atoms with Crippen LogP contribution in [0.5, 0.6) is 0 Å². The van der Waals surface area contributed by atoms with Gasteiger partial charge in [0.1, 0.15) is 6.07 Å². The van der Waals surface area contributed by atoms with E-state index in [0.717, 1.165) is 38.2 Å². The molecule has 0 aliphatic heterocycles. The fourth-order valence-corrected chi connectivity index (χ4v) is 4.20. The van der Waals surface area contributed by atoms with Gasteiger partial charge in [0.05, 0.1) is 21.8 Å². The number of rotatable bonds is 3. The van der Waals surface area contributed by atoms with Crippen LogP contribution in [-0.4, -0.2) is 9.97 Å². The molecule has 0 atom stereocenters. The predicted molar refractivity (Wildman–Crippen MR) is 115 cm³/mol. The van der Waals surface area contributed by atoms with Gasteiger partial charge in [-0.05, 0) is 29.1 Å². The van der Waals surface area contributed by atoms with E-state index < -0.39 is 0 Å². The third-order valence-electron chi connectivity index (χ3n) is 4.83. The average Bonchev–Trinajstić information content (AvgIpc) is 3.43. The Morgan fingerprint density at radius 1 is 0.893 bits per heavy atom. The third-order valence-corrected chi connectivity index (χ3v) is 5.73. The Kier molecular flexibility index (Phi) is 4.01. The van der Waals surface area contributed by atoms with Crippen LogP contribution in [-0.2, 0) is 0 Å². The van der Waals surface area contributed by atoms with Crippen molar-refractivity contribution in [2.24, 2.45) is 0 Å². The Hall–Kier alpha value is -3.68. The van der Waals surface area contributed by atoms with Gasteiger partial charge < -0.3 is 4.98 Å². The number of aromatic amines is 1. The minimum atomic E-state index is 0.594. The summed E-state index contributed by atoms with van der Waals surface area (Å²) in [5.41, 5.74) is 6.09. The summed E-state index contributed by atoms with van der Waals surface area (Å²) < 4.78 is 0. The van der Waals surface area contributed by atoms with Gasteiger partial charge >= 0.3 is 0 Å². The molecule has 4 heteroatoms. The van der Waals surface area contributed by atoms with Crippen molar-refractivity contribution in [3.8, 4) is 39.0 Å². The number of hydrogen-bond donors (Lipinski definition) is 1. The van der Waals surface area contributed by atoms with Crippen molar-refractivity contribution in [2.75, 3.05) is 0 Å². The lowest BCUT2D eigenvalue weighted by molar-refractivity contribution is 1.31. The van der Waals surface area contributed by atoms with E-state index in [0.29, 0.717) is 11.3 Å². The van der Waals surface area contributed by atoms with Gasteiger partial charge in [0.2, 0.25) is 0 Å². The van der Waals surface area contributed by atoms with Crippen LogP contribution in [0.15, 0.2) is 84.4 Å². The molecule has 0 unspecified atom stereocenters. The number of hydrogen-bond acceptors (Lipinski definition) is 3. The van der Waals surface area contributed by atoms with Crippen molar-refractivity contribution in [1.82, 2.24) is 9.97 Å². The molecule has 0 fully saturated rings. The number of para-hydroxylation sites is 1. The normalized spacial score (nSPS) is 10.8. The molecule has 3 aromatic heterocycles. The Labute approximate surface area is 166 Å². The summed E-state index contributed by atoms with van der Waals surface area (Å²) in [5, 5.41) is 13.2. The van der Waals surface area contributed by atoms with Crippen molar-refractivity contribution < 1.29 is 0 Å². The second kappa shape index (κ2) is 6.80. The van der Waals surface area contributed by atoms with Crippen molar-refractivity contribution in [3.05, 3.63) is 89.9 Å². The highest BCUT2D eigenvalue weighted by atomic mass is 32.1. The summed E-state index contributed by atoms with van der Waals surface area (Å²) in [6, 6.07) is 26.7. The monoisotopic (exact) mass is 377 g/mol. The van der Waals surface area contributed by atoms with Crippen molar-refractivity contribution in [2.45, 2.75) is 0 Å². The molecule has 3 heterocycles. The summed E-state index contributed by atoms with van der Waals surface area (Å²) in [4.78, 5) is 9.32. The largest absolute Gasteiger partial charge is 0.360 e. The predicted octanol–water partition coefficient (Wildman–Crippen LogP) is 6.50. The highest BCUT2D eigenvalue weighted by molar-refractivity contribution is 7.13. The van der Waals surface area contributed by atoms with E-state index in [1.807, 2.05) is 72.2 Å². The second-order valence-electron chi connectivity index (χ2n) is 6.48. The molecule has 0 bridgehead atoms. The molecule has 132 valence electrons. The fourth-order valence-electron chi connectivity index (χ4n) is 3.52. The van der Waals surface area contributed by atoms with E-state index in [4.69, 9.17) is 4.98 Å². The van der Waals surface area contributed by atoms with Gasteiger partial charge in [-0.25, -0.2) is 4.98 Å². The number of fused-ring (bicyclic) bond motifs is 1. The smallest absolute Gasteiger partial charge is 0.102 e. The quantitative estimate of drug-likeness (QED) is 0.390. The molecule has 0 radical (unpaired) electrons. The van der Waals surface area contributed by atoms with Crippen LogP contribution in [0, 0.1) is 11.3 Å². The minimum Gasteiger partial charge on any atom is -0.360 e. The van der Waals surface area contributed by atoms with E-state index in [9.17, 15) is 5.26 Å². The van der Waals surface area contributed by atoms with Gasteiger partial charge in [-0.1, -0.05) is 54.6 Å². The lowest BCUT2D eigenvalue weighted by Crippen LogP contribution is -1.96. The fraction of sp³-hybridized carbons (Fsp3) is 0. The Morgan fingerprint density at radius 3 is 2.50 bits per heavy atom. The van der Waals surface area contributed by atoms with Crippen LogP contribution in [0.25, 0.3) is 43.9 Å². The molecule has 0 saturated carbocycles. The van der Waals surface area contributed by atoms with Gasteiger partial charge in [0.15, 0.2) is 0 Å². The second-order valence-corrected chi connectivity index (χ2v) is 7.43. The zero-order valence-corrected chi connectivity index (χ0v) is 15.7. The first kappa shape index (κ1) is 16.5. The van der Waals surface area contributed by atoms with Crippen LogP contribution in [0.4, 0.5) is 0 Å². The number of pyridine rings is 1. The Morgan fingerprint density at radius 2 is 1.71 bits per heavy atom. The first-order chi connectivity index (χ1) is 13.8. The van der Waals surface area contributed by atoms with Crippen LogP contribution in [0.1, 0.15) is 5.56 Å². The summed E-state index contributed by atoms with van der Waals surface area (Å²) in [6.45, 7) is 0. The number of thiophene rings is 1. The first-order valence-electron chi connectivity index (χ1n) is 8.96. The van der Waals surface area contributed by atoms with Gasteiger partial charge in [-0.15, -0.1) is 11.3 Å². The minimum absolute atomic E-state index is 0.594. The number of nitrogens with zero attached hydrogens (tertiary/aromatic N) is 2. The number of benzene rings is 2. The molecular weight excluding hydrogens is 362 g/mol. The van der Waals surface area contributed by atoms with Crippen LogP contribution < -0.4 is 0 Å². The van der Waals surface area contributed by atoms with Crippen molar-refractivity contribution in [3.63, 3.8) is 0 Å². The molecular formula is C24H15N3S. The number of aromatic nitrogens is 2. The zero-order valence-electron chi connectivity index (χ0n) is 14.9. The van der Waals surface area contributed by atoms with E-state index in [2.05, 4.69) is 23.2 Å². The summed E-state index contributed by atoms with van der Waals surface area (Å²) in [6.07, 6.45) is 1.95. The molecule has 3 nitrogen and oxygen atoms in total. The standard InChI is InChI=1S/C24H15N3S/c25-14-19-18(16-7-2-1-3-8-16)13-22(23-11-6-12-28-23)27-24(19)20-15-26-21-10-5-4-9-17(20)21/h1-13,15,26H. The molecule has 0 amide bonds. The van der Waals surface area contributed by atoms with Crippen LogP contribution in [0.2, 0.25) is 0 Å². The summed E-state index contributed by atoms with van der Waals surface area (Å²) in [7, 11) is 0. The van der Waals surface area contributed by atoms with Gasteiger partial charge in [0, 0.05) is 28.2 Å². The maximum atomic E-state index is 10.1. The molecule has 2 aromatic carbocycles. The van der Waals surface area contributed by atoms with E-state index in [1.165, 1.54) is 0 Å². The van der Waals surface area contributed by atoms with Gasteiger partial charge in [-0.2, -0.15) is 5.26 Å². The van der Waals surface area contributed by atoms with Crippen LogP contribution >= 0.6 is 11.3 Å². The zero-order chi connectivity index (χ0) is 18.9. The number of nitriles is 1. The van der Waals surface area contributed by atoms with E-state index >= 15 is 0 Å².